The van der Waals surface area contributed by atoms with Crippen LogP contribution in [0.4, 0.5) is 0 Å². The molecule has 0 bridgehead atoms. The zero-order chi connectivity index (χ0) is 31.5. The summed E-state index contributed by atoms with van der Waals surface area (Å²) < 4.78 is 5.34. The fourth-order valence-electron chi connectivity index (χ4n) is 5.31. The van der Waals surface area contributed by atoms with Crippen LogP contribution >= 0.6 is 0 Å². The number of carbonyl (C=O) groups is 4. The fourth-order valence-corrected chi connectivity index (χ4v) is 5.31. The maximum absolute atomic E-state index is 12.8. The lowest BCUT2D eigenvalue weighted by Gasteiger charge is -2.22. The third kappa shape index (κ3) is 22.6. The van der Waals surface area contributed by atoms with Crippen molar-refractivity contribution in [2.45, 2.75) is 192 Å². The van der Waals surface area contributed by atoms with Gasteiger partial charge in [-0.15, -0.1) is 0 Å². The Balaban J connectivity index is 4.33. The number of aliphatic hydroxyl groups is 1. The molecule has 0 aromatic rings. The summed E-state index contributed by atoms with van der Waals surface area (Å²) >= 11 is 0. The van der Waals surface area contributed by atoms with Crippen molar-refractivity contribution in [2.24, 2.45) is 0 Å². The van der Waals surface area contributed by atoms with E-state index < -0.39 is 42.5 Å². The predicted octanol–water partition coefficient (Wildman–Crippen LogP) is 8.55. The number of hydrogen-bond donors (Lipinski definition) is 3. The molecule has 0 aliphatic rings. The number of hydrogen-bond acceptors (Lipinski definition) is 6. The Hall–Kier alpha value is -1.96. The average molecular weight is 599 g/mol. The Kier molecular flexibility index (Phi) is 25.4. The van der Waals surface area contributed by atoms with Gasteiger partial charge in [0, 0.05) is 6.42 Å². The minimum absolute atomic E-state index is 0.201. The average Bonchev–Trinajstić information content (AvgIpc) is 2.93. The SMILES string of the molecule is CCCCCCCCCCCCCCCCCCCC(OC(=O)CC(O)(CC(=O)O)C(=O)O)C(=O)CCCCCCC. The summed E-state index contributed by atoms with van der Waals surface area (Å²) in [5.74, 6) is -4.63. The largest absolute Gasteiger partial charge is 0.481 e. The van der Waals surface area contributed by atoms with Gasteiger partial charge < -0.3 is 20.1 Å². The number of carboxylic acid groups (broad SMARTS) is 2. The van der Waals surface area contributed by atoms with Crippen molar-refractivity contribution in [3.63, 3.8) is 0 Å². The molecule has 0 rings (SSSR count). The lowest BCUT2D eigenvalue weighted by Crippen LogP contribution is -2.44. The van der Waals surface area contributed by atoms with Crippen LogP contribution in [-0.2, 0) is 23.9 Å². The van der Waals surface area contributed by atoms with Gasteiger partial charge in [-0.3, -0.25) is 14.4 Å². The second-order valence-electron chi connectivity index (χ2n) is 12.1. The molecule has 3 N–H and O–H groups in total. The van der Waals surface area contributed by atoms with E-state index in [2.05, 4.69) is 13.8 Å². The van der Waals surface area contributed by atoms with E-state index in [1.165, 1.54) is 83.5 Å². The van der Waals surface area contributed by atoms with Gasteiger partial charge in [0.2, 0.25) is 0 Å². The van der Waals surface area contributed by atoms with Crippen LogP contribution in [0.2, 0.25) is 0 Å². The van der Waals surface area contributed by atoms with Crippen molar-refractivity contribution in [2.75, 3.05) is 0 Å². The van der Waals surface area contributed by atoms with Gasteiger partial charge in [-0.1, -0.05) is 142 Å². The molecular weight excluding hydrogens is 536 g/mol. The summed E-state index contributed by atoms with van der Waals surface area (Å²) in [5.41, 5.74) is -2.77. The number of ketones is 1. The van der Waals surface area contributed by atoms with Crippen molar-refractivity contribution in [1.29, 1.82) is 0 Å². The molecule has 8 heteroatoms. The lowest BCUT2D eigenvalue weighted by atomic mass is 9.95. The van der Waals surface area contributed by atoms with E-state index in [0.717, 1.165) is 44.9 Å². The fraction of sp³-hybridized carbons (Fsp3) is 0.882. The summed E-state index contributed by atoms with van der Waals surface area (Å²) in [4.78, 5) is 47.7. The second-order valence-corrected chi connectivity index (χ2v) is 12.1. The Bertz CT molecular complexity index is 722. The number of ether oxygens (including phenoxy) is 1. The number of carboxylic acids is 2. The van der Waals surface area contributed by atoms with E-state index in [1.807, 2.05) is 0 Å². The third-order valence-electron chi connectivity index (χ3n) is 8.01. The van der Waals surface area contributed by atoms with E-state index in [-0.39, 0.29) is 12.2 Å². The molecular formula is C34H62O8. The summed E-state index contributed by atoms with van der Waals surface area (Å²) in [7, 11) is 0. The molecule has 0 aliphatic carbocycles. The van der Waals surface area contributed by atoms with Crippen LogP contribution in [0.15, 0.2) is 0 Å². The molecule has 0 saturated heterocycles. The van der Waals surface area contributed by atoms with Crippen molar-refractivity contribution >= 4 is 23.7 Å². The molecule has 0 saturated carbocycles. The highest BCUT2D eigenvalue weighted by Gasteiger charge is 2.42. The molecule has 246 valence electrons. The van der Waals surface area contributed by atoms with Crippen LogP contribution < -0.4 is 0 Å². The van der Waals surface area contributed by atoms with Crippen LogP contribution in [0.1, 0.15) is 181 Å². The van der Waals surface area contributed by atoms with Crippen LogP contribution in [-0.4, -0.2) is 50.7 Å². The van der Waals surface area contributed by atoms with Gasteiger partial charge in [-0.2, -0.15) is 0 Å². The molecule has 0 spiro atoms. The number of esters is 1. The smallest absolute Gasteiger partial charge is 0.336 e. The van der Waals surface area contributed by atoms with Crippen molar-refractivity contribution in [1.82, 2.24) is 0 Å². The highest BCUT2D eigenvalue weighted by Crippen LogP contribution is 2.21. The van der Waals surface area contributed by atoms with E-state index in [1.54, 1.807) is 0 Å². The maximum Gasteiger partial charge on any atom is 0.336 e. The summed E-state index contributed by atoms with van der Waals surface area (Å²) in [6, 6.07) is 0. The topological polar surface area (TPSA) is 138 Å². The molecule has 2 unspecified atom stereocenters. The molecule has 0 aromatic heterocycles. The zero-order valence-corrected chi connectivity index (χ0v) is 26.8. The zero-order valence-electron chi connectivity index (χ0n) is 26.8. The lowest BCUT2D eigenvalue weighted by molar-refractivity contribution is -0.174. The van der Waals surface area contributed by atoms with E-state index in [9.17, 15) is 29.4 Å². The van der Waals surface area contributed by atoms with Crippen LogP contribution in [0.25, 0.3) is 0 Å². The van der Waals surface area contributed by atoms with Gasteiger partial charge in [0.1, 0.15) is 0 Å². The maximum atomic E-state index is 12.8. The number of rotatable bonds is 31. The van der Waals surface area contributed by atoms with E-state index in [4.69, 9.17) is 9.84 Å². The Morgan fingerprint density at radius 3 is 1.33 bits per heavy atom. The van der Waals surface area contributed by atoms with Gasteiger partial charge >= 0.3 is 17.9 Å². The van der Waals surface area contributed by atoms with Gasteiger partial charge in [0.05, 0.1) is 12.8 Å². The molecule has 0 aliphatic heterocycles. The van der Waals surface area contributed by atoms with Crippen molar-refractivity contribution < 1.29 is 39.2 Å². The highest BCUT2D eigenvalue weighted by molar-refractivity contribution is 5.90. The number of aliphatic carboxylic acids is 2. The molecule has 0 aromatic carbocycles. The van der Waals surface area contributed by atoms with Crippen LogP contribution in [0.3, 0.4) is 0 Å². The number of unbranched alkanes of at least 4 members (excludes halogenated alkanes) is 20. The Morgan fingerprint density at radius 2 is 0.952 bits per heavy atom. The van der Waals surface area contributed by atoms with E-state index >= 15 is 0 Å². The predicted molar refractivity (Wildman–Crippen MR) is 166 cm³/mol. The molecule has 2 atom stereocenters. The van der Waals surface area contributed by atoms with Gasteiger partial charge in [-0.05, 0) is 19.3 Å². The first kappa shape index (κ1) is 40.0. The third-order valence-corrected chi connectivity index (χ3v) is 8.01. The molecule has 0 radical (unpaired) electrons. The standard InChI is InChI=1S/C34H62O8/c1-3-5-7-9-10-11-12-13-14-15-16-17-18-19-20-22-24-26-30(29(35)25-23-21-8-6-4-2)42-32(38)28-34(41,33(39)40)27-31(36)37/h30,41H,3-28H2,1-2H3,(H,36,37)(H,39,40). The van der Waals surface area contributed by atoms with Crippen molar-refractivity contribution in [3.05, 3.63) is 0 Å². The molecule has 0 fully saturated rings. The molecule has 0 amide bonds. The monoisotopic (exact) mass is 598 g/mol. The number of carbonyl (C=O) groups excluding carboxylic acids is 2. The molecule has 8 nitrogen and oxygen atoms in total. The van der Waals surface area contributed by atoms with Gasteiger partial charge in [0.15, 0.2) is 17.5 Å². The van der Waals surface area contributed by atoms with Crippen LogP contribution in [0, 0.1) is 0 Å². The van der Waals surface area contributed by atoms with Crippen molar-refractivity contribution in [3.8, 4) is 0 Å². The van der Waals surface area contributed by atoms with Gasteiger partial charge in [0.25, 0.3) is 0 Å². The normalized spacial score (nSPS) is 13.4. The number of Topliss-reactive ketones (excluding diaryl/α,β-unsaturated/α-hetero) is 1. The first-order valence-corrected chi connectivity index (χ1v) is 17.1. The Morgan fingerprint density at radius 1 is 0.571 bits per heavy atom. The summed E-state index contributed by atoms with van der Waals surface area (Å²) in [5, 5.41) is 28.3. The van der Waals surface area contributed by atoms with Crippen LogP contribution in [0.5, 0.6) is 0 Å². The summed E-state index contributed by atoms with van der Waals surface area (Å²) in [6.07, 6.45) is 23.4. The summed E-state index contributed by atoms with van der Waals surface area (Å²) in [6.45, 7) is 4.37. The minimum atomic E-state index is -2.77. The molecule has 0 heterocycles. The molecule has 42 heavy (non-hydrogen) atoms. The quantitative estimate of drug-likeness (QED) is 0.0533. The first-order chi connectivity index (χ1) is 20.2. The van der Waals surface area contributed by atoms with E-state index in [0.29, 0.717) is 19.3 Å². The first-order valence-electron chi connectivity index (χ1n) is 17.1. The second kappa shape index (κ2) is 26.7. The Labute approximate surface area is 255 Å². The van der Waals surface area contributed by atoms with Gasteiger partial charge in [-0.25, -0.2) is 4.79 Å². The highest BCUT2D eigenvalue weighted by atomic mass is 16.5. The minimum Gasteiger partial charge on any atom is -0.481 e.